The molecule has 3 amide bonds. The minimum absolute atomic E-state index is 0.235. The van der Waals surface area contributed by atoms with Crippen LogP contribution in [0.1, 0.15) is 72.1 Å². The summed E-state index contributed by atoms with van der Waals surface area (Å²) < 4.78 is 5.33. The van der Waals surface area contributed by atoms with E-state index in [1.54, 1.807) is 20.8 Å². The molecular formula is C23H35N3O6. The van der Waals surface area contributed by atoms with Gasteiger partial charge in [-0.2, -0.15) is 0 Å². The van der Waals surface area contributed by atoms with Gasteiger partial charge in [-0.05, 0) is 59.3 Å². The highest BCUT2D eigenvalue weighted by atomic mass is 16.6. The predicted octanol–water partition coefficient (Wildman–Crippen LogP) is 2.35. The van der Waals surface area contributed by atoms with E-state index in [0.29, 0.717) is 32.2 Å². The Hall–Kier alpha value is -2.58. The summed E-state index contributed by atoms with van der Waals surface area (Å²) in [5.41, 5.74) is -1.99. The van der Waals surface area contributed by atoms with E-state index >= 15 is 0 Å². The Labute approximate surface area is 188 Å². The summed E-state index contributed by atoms with van der Waals surface area (Å²) in [7, 11) is 0. The minimum atomic E-state index is -1.29. The molecule has 178 valence electrons. The second kappa shape index (κ2) is 9.50. The molecule has 32 heavy (non-hydrogen) atoms. The zero-order valence-electron chi connectivity index (χ0n) is 19.2. The fraction of sp³-hybridized carbons (Fsp3) is 0.739. The quantitative estimate of drug-likeness (QED) is 0.556. The van der Waals surface area contributed by atoms with Crippen LogP contribution in [0.15, 0.2) is 12.2 Å². The number of carbonyl (C=O) groups excluding carboxylic acids is 3. The molecule has 0 spiro atoms. The van der Waals surface area contributed by atoms with E-state index in [2.05, 4.69) is 10.6 Å². The number of alkyl carbamates (subject to hydrolysis) is 1. The molecule has 1 aliphatic carbocycles. The zero-order chi connectivity index (χ0) is 23.5. The van der Waals surface area contributed by atoms with E-state index in [4.69, 9.17) is 4.74 Å². The van der Waals surface area contributed by atoms with Crippen molar-refractivity contribution in [2.45, 2.75) is 95.4 Å². The fourth-order valence-electron chi connectivity index (χ4n) is 4.52. The number of allylic oxidation sites excluding steroid dienone is 1. The van der Waals surface area contributed by atoms with Crippen LogP contribution >= 0.6 is 0 Å². The summed E-state index contributed by atoms with van der Waals surface area (Å²) in [5.74, 6) is -2.05. The topological polar surface area (TPSA) is 125 Å². The highest BCUT2D eigenvalue weighted by molar-refractivity contribution is 5.96. The van der Waals surface area contributed by atoms with Crippen molar-refractivity contribution in [2.24, 2.45) is 5.92 Å². The molecular weight excluding hydrogens is 414 g/mol. The molecule has 2 aliphatic heterocycles. The van der Waals surface area contributed by atoms with Gasteiger partial charge in [-0.25, -0.2) is 9.59 Å². The molecule has 0 radical (unpaired) electrons. The Morgan fingerprint density at radius 2 is 1.94 bits per heavy atom. The summed E-state index contributed by atoms with van der Waals surface area (Å²) in [6.07, 6.45) is 8.43. The summed E-state index contributed by atoms with van der Waals surface area (Å²) >= 11 is 0. The highest BCUT2D eigenvalue weighted by Gasteiger charge is 2.61. The number of carboxylic acids is 1. The number of rotatable bonds is 2. The third kappa shape index (κ3) is 5.61. The van der Waals surface area contributed by atoms with E-state index in [1.165, 1.54) is 4.90 Å². The Morgan fingerprint density at radius 3 is 2.62 bits per heavy atom. The Morgan fingerprint density at radius 1 is 1.19 bits per heavy atom. The molecule has 9 heteroatoms. The third-order valence-electron chi connectivity index (χ3n) is 6.30. The standard InChI is InChI=1S/C23H35N3O6/c1-22(2,3)32-21(31)24-16-11-8-6-4-5-7-10-15-14-23(15,20(29)30)25-18(27)17-12-9-13-26(17)19(16)28/h7,10,15-17H,4-6,8-9,11-14H2,1-3H3,(H,24,31)(H,25,27)(H,29,30)/b10-7+/t15-,16+,17+,23-/m1/s1. The van der Waals surface area contributed by atoms with Crippen molar-refractivity contribution in [1.82, 2.24) is 15.5 Å². The molecule has 3 N–H and O–H groups in total. The van der Waals surface area contributed by atoms with Crippen molar-refractivity contribution in [2.75, 3.05) is 6.54 Å². The maximum absolute atomic E-state index is 13.4. The first kappa shape index (κ1) is 24.1. The number of hydrogen-bond donors (Lipinski definition) is 3. The van der Waals surface area contributed by atoms with Gasteiger partial charge in [0.1, 0.15) is 23.2 Å². The summed E-state index contributed by atoms with van der Waals surface area (Å²) in [6.45, 7) is 5.65. The molecule has 0 aromatic heterocycles. The first-order valence-corrected chi connectivity index (χ1v) is 11.6. The minimum Gasteiger partial charge on any atom is -0.479 e. The number of carboxylic acid groups (broad SMARTS) is 1. The van der Waals surface area contributed by atoms with Crippen LogP contribution in [-0.4, -0.2) is 63.7 Å². The van der Waals surface area contributed by atoms with Crippen molar-refractivity contribution in [1.29, 1.82) is 0 Å². The van der Waals surface area contributed by atoms with E-state index in [-0.39, 0.29) is 11.8 Å². The second-order valence-electron chi connectivity index (χ2n) is 10.0. The maximum Gasteiger partial charge on any atom is 0.408 e. The van der Waals surface area contributed by atoms with E-state index in [1.807, 2.05) is 12.2 Å². The van der Waals surface area contributed by atoms with Gasteiger partial charge in [0.25, 0.3) is 0 Å². The third-order valence-corrected chi connectivity index (χ3v) is 6.30. The molecule has 3 rings (SSSR count). The van der Waals surface area contributed by atoms with Gasteiger partial charge in [-0.3, -0.25) is 9.59 Å². The molecule has 2 heterocycles. The largest absolute Gasteiger partial charge is 0.479 e. The molecule has 0 unspecified atom stereocenters. The first-order valence-electron chi connectivity index (χ1n) is 11.6. The van der Waals surface area contributed by atoms with Crippen LogP contribution in [0.3, 0.4) is 0 Å². The number of ether oxygens (including phenoxy) is 1. The molecule has 9 nitrogen and oxygen atoms in total. The average Bonchev–Trinajstić information content (AvgIpc) is 3.16. The normalized spacial score (nSPS) is 32.5. The molecule has 1 saturated carbocycles. The Kier molecular flexibility index (Phi) is 7.15. The number of nitrogens with zero attached hydrogens (tertiary/aromatic N) is 1. The monoisotopic (exact) mass is 449 g/mol. The molecule has 4 atom stereocenters. The molecule has 0 bridgehead atoms. The smallest absolute Gasteiger partial charge is 0.408 e. The second-order valence-corrected chi connectivity index (χ2v) is 10.0. The lowest BCUT2D eigenvalue weighted by atomic mass is 10.0. The van der Waals surface area contributed by atoms with Crippen LogP contribution in [0.2, 0.25) is 0 Å². The number of amides is 3. The molecule has 0 aromatic rings. The van der Waals surface area contributed by atoms with Gasteiger partial charge in [0.2, 0.25) is 11.8 Å². The van der Waals surface area contributed by atoms with Gasteiger partial charge in [0, 0.05) is 12.5 Å². The lowest BCUT2D eigenvalue weighted by molar-refractivity contribution is -0.145. The fourth-order valence-corrected chi connectivity index (χ4v) is 4.52. The molecule has 1 saturated heterocycles. The van der Waals surface area contributed by atoms with Crippen LogP contribution in [0.25, 0.3) is 0 Å². The van der Waals surface area contributed by atoms with E-state index in [0.717, 1.165) is 25.7 Å². The van der Waals surface area contributed by atoms with E-state index < -0.39 is 41.2 Å². The van der Waals surface area contributed by atoms with Crippen LogP contribution in [0.4, 0.5) is 4.79 Å². The van der Waals surface area contributed by atoms with Crippen LogP contribution in [-0.2, 0) is 19.1 Å². The predicted molar refractivity (Wildman–Crippen MR) is 117 cm³/mol. The van der Waals surface area contributed by atoms with Crippen molar-refractivity contribution in [3.8, 4) is 0 Å². The first-order chi connectivity index (χ1) is 15.0. The number of nitrogens with one attached hydrogen (secondary N) is 2. The van der Waals surface area contributed by atoms with Crippen LogP contribution in [0, 0.1) is 5.92 Å². The zero-order valence-corrected chi connectivity index (χ0v) is 19.2. The van der Waals surface area contributed by atoms with Crippen molar-refractivity contribution in [3.63, 3.8) is 0 Å². The Balaban J connectivity index is 1.79. The van der Waals surface area contributed by atoms with Crippen molar-refractivity contribution >= 4 is 23.9 Å². The van der Waals surface area contributed by atoms with Crippen LogP contribution < -0.4 is 10.6 Å². The highest BCUT2D eigenvalue weighted by Crippen LogP contribution is 2.45. The van der Waals surface area contributed by atoms with E-state index in [9.17, 15) is 24.3 Å². The molecule has 2 fully saturated rings. The van der Waals surface area contributed by atoms with Crippen LogP contribution in [0.5, 0.6) is 0 Å². The van der Waals surface area contributed by atoms with Gasteiger partial charge in [0.15, 0.2) is 0 Å². The lowest BCUT2D eigenvalue weighted by Crippen LogP contribution is -2.56. The van der Waals surface area contributed by atoms with Gasteiger partial charge < -0.3 is 25.4 Å². The van der Waals surface area contributed by atoms with Crippen molar-refractivity contribution in [3.05, 3.63) is 12.2 Å². The SMILES string of the molecule is CC(C)(C)OC(=O)N[C@H]1CCCCC/C=C/[C@@H]2C[C@@]2(C(=O)O)NC(=O)[C@@H]2CCCN2C1=O. The number of fused-ring (bicyclic) bond motifs is 2. The van der Waals surface area contributed by atoms with Gasteiger partial charge in [-0.15, -0.1) is 0 Å². The number of carbonyl (C=O) groups is 4. The lowest BCUT2D eigenvalue weighted by Gasteiger charge is -2.30. The van der Waals surface area contributed by atoms with Crippen molar-refractivity contribution < 1.29 is 29.0 Å². The molecule has 3 aliphatic rings. The van der Waals surface area contributed by atoms with Gasteiger partial charge in [0.05, 0.1) is 0 Å². The average molecular weight is 450 g/mol. The molecule has 0 aromatic carbocycles. The maximum atomic E-state index is 13.4. The summed E-state index contributed by atoms with van der Waals surface area (Å²) in [4.78, 5) is 52.2. The van der Waals surface area contributed by atoms with Gasteiger partial charge in [-0.1, -0.05) is 25.0 Å². The number of hydrogen-bond acceptors (Lipinski definition) is 5. The summed E-state index contributed by atoms with van der Waals surface area (Å²) in [6, 6.07) is -1.53. The number of aliphatic carboxylic acids is 1. The summed E-state index contributed by atoms with van der Waals surface area (Å²) in [5, 5.41) is 15.2. The van der Waals surface area contributed by atoms with Gasteiger partial charge >= 0.3 is 12.1 Å². The Bertz CT molecular complexity index is 789.